The van der Waals surface area contributed by atoms with Gasteiger partial charge in [-0.05, 0) is 13.8 Å². The van der Waals surface area contributed by atoms with Crippen molar-refractivity contribution >= 4 is 17.7 Å². The first-order chi connectivity index (χ1) is 8.42. The van der Waals surface area contributed by atoms with Crippen LogP contribution in [0.3, 0.4) is 0 Å². The van der Waals surface area contributed by atoms with Gasteiger partial charge in [-0.25, -0.2) is 0 Å². The van der Waals surface area contributed by atoms with Crippen molar-refractivity contribution in [2.75, 3.05) is 19.6 Å². The van der Waals surface area contributed by atoms with E-state index in [1.165, 1.54) is 0 Å². The van der Waals surface area contributed by atoms with Crippen molar-refractivity contribution in [2.45, 2.75) is 56.7 Å². The van der Waals surface area contributed by atoms with Gasteiger partial charge in [0.1, 0.15) is 0 Å². The van der Waals surface area contributed by atoms with Gasteiger partial charge < -0.3 is 11.1 Å². The number of hydrogen-bond acceptors (Lipinski definition) is 4. The zero-order valence-corrected chi connectivity index (χ0v) is 12.8. The third kappa shape index (κ3) is 5.16. The van der Waals surface area contributed by atoms with Crippen molar-refractivity contribution in [3.05, 3.63) is 0 Å². The lowest BCUT2D eigenvalue weighted by Crippen LogP contribution is -2.51. The van der Waals surface area contributed by atoms with Crippen LogP contribution in [0.5, 0.6) is 0 Å². The Kier molecular flexibility index (Phi) is 6.46. The highest BCUT2D eigenvalue weighted by Gasteiger charge is 2.28. The molecule has 0 aromatic heterocycles. The molecule has 1 amide bonds. The van der Waals surface area contributed by atoms with Gasteiger partial charge in [-0.1, -0.05) is 13.8 Å². The largest absolute Gasteiger partial charge is 0.354 e. The standard InChI is InChI=1S/C13H27N3OS/c1-9(2)15-13(17)5-12(6-14)16-7-10(3)18-11(4)8-16/h9-12H,5-8,14H2,1-4H3,(H,15,17). The predicted octanol–water partition coefficient (Wildman–Crippen LogP) is 1.05. The fraction of sp³-hybridized carbons (Fsp3) is 0.923. The highest BCUT2D eigenvalue weighted by Crippen LogP contribution is 2.26. The maximum Gasteiger partial charge on any atom is 0.221 e. The van der Waals surface area contributed by atoms with Crippen LogP contribution in [0.1, 0.15) is 34.1 Å². The molecular formula is C13H27N3OS. The van der Waals surface area contributed by atoms with E-state index in [1.807, 2.05) is 25.6 Å². The van der Waals surface area contributed by atoms with Gasteiger partial charge in [0, 0.05) is 48.6 Å². The average molecular weight is 273 g/mol. The monoisotopic (exact) mass is 273 g/mol. The molecule has 1 fully saturated rings. The molecule has 1 heterocycles. The summed E-state index contributed by atoms with van der Waals surface area (Å²) in [5.41, 5.74) is 5.85. The minimum Gasteiger partial charge on any atom is -0.354 e. The predicted molar refractivity (Wildman–Crippen MR) is 78.8 cm³/mol. The first-order valence-electron chi connectivity index (χ1n) is 6.81. The Morgan fingerprint density at radius 3 is 2.39 bits per heavy atom. The van der Waals surface area contributed by atoms with E-state index in [-0.39, 0.29) is 18.0 Å². The molecule has 4 nitrogen and oxygen atoms in total. The second-order valence-corrected chi connectivity index (χ2v) is 7.41. The molecule has 18 heavy (non-hydrogen) atoms. The number of carbonyl (C=O) groups excluding carboxylic acids is 1. The maximum absolute atomic E-state index is 11.8. The van der Waals surface area contributed by atoms with Crippen LogP contribution >= 0.6 is 11.8 Å². The molecule has 0 radical (unpaired) electrons. The topological polar surface area (TPSA) is 58.4 Å². The van der Waals surface area contributed by atoms with Crippen LogP contribution in [0.2, 0.25) is 0 Å². The Morgan fingerprint density at radius 2 is 1.94 bits per heavy atom. The molecule has 1 rings (SSSR count). The zero-order chi connectivity index (χ0) is 13.7. The lowest BCUT2D eigenvalue weighted by molar-refractivity contribution is -0.122. The molecule has 3 atom stereocenters. The third-order valence-electron chi connectivity index (χ3n) is 3.11. The summed E-state index contributed by atoms with van der Waals surface area (Å²) in [4.78, 5) is 14.2. The van der Waals surface area contributed by atoms with E-state index in [4.69, 9.17) is 5.73 Å². The fourth-order valence-corrected chi connectivity index (χ4v) is 3.82. The molecule has 3 N–H and O–H groups in total. The van der Waals surface area contributed by atoms with E-state index in [2.05, 4.69) is 24.1 Å². The summed E-state index contributed by atoms with van der Waals surface area (Å²) in [7, 11) is 0. The SMILES string of the molecule is CC(C)NC(=O)CC(CN)N1CC(C)SC(C)C1. The van der Waals surface area contributed by atoms with E-state index < -0.39 is 0 Å². The third-order valence-corrected chi connectivity index (χ3v) is 4.33. The Morgan fingerprint density at radius 1 is 1.39 bits per heavy atom. The second-order valence-electron chi connectivity index (χ2n) is 5.53. The molecule has 0 aromatic carbocycles. The van der Waals surface area contributed by atoms with Crippen molar-refractivity contribution < 1.29 is 4.79 Å². The molecule has 1 saturated heterocycles. The number of nitrogens with one attached hydrogen (secondary N) is 1. The minimum absolute atomic E-state index is 0.110. The van der Waals surface area contributed by atoms with Crippen LogP contribution in [0.15, 0.2) is 0 Å². The van der Waals surface area contributed by atoms with E-state index in [9.17, 15) is 4.79 Å². The van der Waals surface area contributed by atoms with Gasteiger partial charge in [-0.2, -0.15) is 11.8 Å². The van der Waals surface area contributed by atoms with Gasteiger partial charge in [0.05, 0.1) is 0 Å². The van der Waals surface area contributed by atoms with E-state index in [0.29, 0.717) is 23.5 Å². The van der Waals surface area contributed by atoms with Gasteiger partial charge in [0.15, 0.2) is 0 Å². The number of nitrogens with zero attached hydrogens (tertiary/aromatic N) is 1. The van der Waals surface area contributed by atoms with Crippen LogP contribution in [-0.2, 0) is 4.79 Å². The van der Waals surface area contributed by atoms with Crippen molar-refractivity contribution in [2.24, 2.45) is 5.73 Å². The van der Waals surface area contributed by atoms with Crippen LogP contribution < -0.4 is 11.1 Å². The summed E-state index contributed by atoms with van der Waals surface area (Å²) < 4.78 is 0. The Bertz CT molecular complexity index is 263. The van der Waals surface area contributed by atoms with Crippen LogP contribution in [0, 0.1) is 0 Å². The summed E-state index contributed by atoms with van der Waals surface area (Å²) in [6.07, 6.45) is 0.513. The number of carbonyl (C=O) groups is 1. The fourth-order valence-electron chi connectivity index (χ4n) is 2.47. The quantitative estimate of drug-likeness (QED) is 0.786. The Balaban J connectivity index is 2.51. The van der Waals surface area contributed by atoms with E-state index in [0.717, 1.165) is 13.1 Å². The number of amides is 1. The molecule has 1 aliphatic heterocycles. The van der Waals surface area contributed by atoms with Gasteiger partial charge in [0.25, 0.3) is 0 Å². The molecule has 0 spiro atoms. The lowest BCUT2D eigenvalue weighted by Gasteiger charge is -2.39. The molecule has 0 bridgehead atoms. The molecule has 106 valence electrons. The first-order valence-corrected chi connectivity index (χ1v) is 7.75. The molecular weight excluding hydrogens is 246 g/mol. The van der Waals surface area contributed by atoms with Crippen LogP contribution in [-0.4, -0.2) is 53.0 Å². The van der Waals surface area contributed by atoms with E-state index >= 15 is 0 Å². The number of hydrogen-bond donors (Lipinski definition) is 2. The van der Waals surface area contributed by atoms with Gasteiger partial charge >= 0.3 is 0 Å². The smallest absolute Gasteiger partial charge is 0.221 e. The van der Waals surface area contributed by atoms with Crippen molar-refractivity contribution in [3.63, 3.8) is 0 Å². The van der Waals surface area contributed by atoms with Gasteiger partial charge in [-0.15, -0.1) is 0 Å². The van der Waals surface area contributed by atoms with E-state index in [1.54, 1.807) is 0 Å². The molecule has 0 saturated carbocycles. The summed E-state index contributed by atoms with van der Waals surface area (Å²) in [6.45, 7) is 11.1. The first kappa shape index (κ1) is 15.8. The van der Waals surface area contributed by atoms with Crippen LogP contribution in [0.4, 0.5) is 0 Å². The molecule has 5 heteroatoms. The summed E-state index contributed by atoms with van der Waals surface area (Å²) in [5, 5.41) is 4.19. The second kappa shape index (κ2) is 7.36. The summed E-state index contributed by atoms with van der Waals surface area (Å²) >= 11 is 2.02. The Hall–Kier alpha value is -0.260. The van der Waals surface area contributed by atoms with Gasteiger partial charge in [-0.3, -0.25) is 9.69 Å². The summed E-state index contributed by atoms with van der Waals surface area (Å²) in [6, 6.07) is 0.375. The van der Waals surface area contributed by atoms with Crippen LogP contribution in [0.25, 0.3) is 0 Å². The summed E-state index contributed by atoms with van der Waals surface area (Å²) in [5.74, 6) is 0.110. The normalized spacial score (nSPS) is 27.2. The zero-order valence-electron chi connectivity index (χ0n) is 12.0. The highest BCUT2D eigenvalue weighted by molar-refractivity contribution is 8.00. The van der Waals surface area contributed by atoms with Gasteiger partial charge in [0.2, 0.25) is 5.91 Å². The van der Waals surface area contributed by atoms with Crippen molar-refractivity contribution in [1.82, 2.24) is 10.2 Å². The lowest BCUT2D eigenvalue weighted by atomic mass is 10.1. The van der Waals surface area contributed by atoms with Crippen molar-refractivity contribution in [1.29, 1.82) is 0 Å². The number of nitrogens with two attached hydrogens (primary N) is 1. The Labute approximate surface area is 115 Å². The maximum atomic E-state index is 11.8. The average Bonchev–Trinajstić information content (AvgIpc) is 2.23. The molecule has 3 unspecified atom stereocenters. The van der Waals surface area contributed by atoms with Crippen molar-refractivity contribution in [3.8, 4) is 0 Å². The molecule has 0 aliphatic carbocycles. The number of rotatable bonds is 5. The highest BCUT2D eigenvalue weighted by atomic mass is 32.2. The molecule has 0 aromatic rings. The molecule has 1 aliphatic rings. The minimum atomic E-state index is 0.110. The number of thioether (sulfide) groups is 1.